The van der Waals surface area contributed by atoms with Crippen molar-refractivity contribution in [1.29, 1.82) is 0 Å². The standard InChI is InChI=1S/C23H26N4O3S/c1-16-7-5-8-17(13-16)21(22(28)24-18-9-3-2-4-10-18)27(14-19-11-6-12-30-19)23(29)20-15-31-26-25-20/h5-8,11-13,15,18,21H,2-4,9-10,14H2,1H3,(H,24,28)/t21-/m0/s1. The first-order valence-corrected chi connectivity index (χ1v) is 11.4. The van der Waals surface area contributed by atoms with Gasteiger partial charge >= 0.3 is 0 Å². The second-order valence-corrected chi connectivity index (χ2v) is 8.57. The van der Waals surface area contributed by atoms with E-state index in [0.717, 1.165) is 48.3 Å². The molecule has 1 N–H and O–H groups in total. The van der Waals surface area contributed by atoms with Gasteiger partial charge in [-0.1, -0.05) is 53.6 Å². The second kappa shape index (κ2) is 9.87. The van der Waals surface area contributed by atoms with Crippen LogP contribution in [0.4, 0.5) is 0 Å². The summed E-state index contributed by atoms with van der Waals surface area (Å²) in [5.41, 5.74) is 2.00. The van der Waals surface area contributed by atoms with E-state index in [4.69, 9.17) is 4.42 Å². The van der Waals surface area contributed by atoms with Gasteiger partial charge in [-0.25, -0.2) is 0 Å². The molecule has 0 saturated heterocycles. The van der Waals surface area contributed by atoms with Crippen molar-refractivity contribution in [3.05, 3.63) is 70.6 Å². The van der Waals surface area contributed by atoms with Gasteiger partial charge in [0.25, 0.3) is 5.91 Å². The summed E-state index contributed by atoms with van der Waals surface area (Å²) in [6.07, 6.45) is 6.92. The summed E-state index contributed by atoms with van der Waals surface area (Å²) in [5, 5.41) is 8.75. The number of nitrogens with zero attached hydrogens (tertiary/aromatic N) is 3. The Bertz CT molecular complexity index is 998. The molecule has 0 aliphatic heterocycles. The Morgan fingerprint density at radius 2 is 2.06 bits per heavy atom. The highest BCUT2D eigenvalue weighted by Gasteiger charge is 2.35. The summed E-state index contributed by atoms with van der Waals surface area (Å²) in [6, 6.07) is 10.6. The van der Waals surface area contributed by atoms with Gasteiger partial charge in [-0.15, -0.1) is 5.10 Å². The molecule has 0 radical (unpaired) electrons. The van der Waals surface area contributed by atoms with Crippen molar-refractivity contribution >= 4 is 23.3 Å². The highest BCUT2D eigenvalue weighted by atomic mass is 32.1. The molecular weight excluding hydrogens is 412 g/mol. The molecule has 0 unspecified atom stereocenters. The molecule has 1 atom stereocenters. The number of furan rings is 1. The van der Waals surface area contributed by atoms with Crippen LogP contribution in [0.3, 0.4) is 0 Å². The van der Waals surface area contributed by atoms with Crippen LogP contribution < -0.4 is 5.32 Å². The van der Waals surface area contributed by atoms with Gasteiger partial charge in [0.2, 0.25) is 5.91 Å². The molecule has 8 heteroatoms. The quantitative estimate of drug-likeness (QED) is 0.595. The van der Waals surface area contributed by atoms with Crippen molar-refractivity contribution in [3.63, 3.8) is 0 Å². The van der Waals surface area contributed by atoms with Gasteiger partial charge in [0.05, 0.1) is 12.8 Å². The third-order valence-electron chi connectivity index (χ3n) is 5.62. The number of aromatic nitrogens is 2. The first kappa shape index (κ1) is 21.2. The van der Waals surface area contributed by atoms with Gasteiger partial charge in [-0.2, -0.15) is 0 Å². The van der Waals surface area contributed by atoms with E-state index in [2.05, 4.69) is 14.9 Å². The highest BCUT2D eigenvalue weighted by Crippen LogP contribution is 2.28. The largest absolute Gasteiger partial charge is 0.467 e. The summed E-state index contributed by atoms with van der Waals surface area (Å²) in [4.78, 5) is 28.6. The molecule has 2 amide bonds. The van der Waals surface area contributed by atoms with E-state index in [9.17, 15) is 9.59 Å². The zero-order valence-corrected chi connectivity index (χ0v) is 18.3. The monoisotopic (exact) mass is 438 g/mol. The molecule has 1 aliphatic rings. The van der Waals surface area contributed by atoms with Crippen molar-refractivity contribution in [2.45, 2.75) is 57.7 Å². The van der Waals surface area contributed by atoms with Gasteiger partial charge in [-0.05, 0) is 49.0 Å². The predicted molar refractivity (Wildman–Crippen MR) is 117 cm³/mol. The molecule has 3 aromatic rings. The van der Waals surface area contributed by atoms with E-state index in [1.165, 1.54) is 11.3 Å². The van der Waals surface area contributed by atoms with Crippen LogP contribution in [-0.2, 0) is 11.3 Å². The van der Waals surface area contributed by atoms with Crippen LogP contribution >= 0.6 is 11.5 Å². The number of benzene rings is 1. The van der Waals surface area contributed by atoms with Crippen molar-refractivity contribution in [2.75, 3.05) is 0 Å². The number of rotatable bonds is 7. The number of carbonyl (C=O) groups excluding carboxylic acids is 2. The van der Waals surface area contributed by atoms with E-state index in [1.807, 2.05) is 31.2 Å². The SMILES string of the molecule is Cc1cccc([C@@H](C(=O)NC2CCCCC2)N(Cc2ccco2)C(=O)c2csnn2)c1. The van der Waals surface area contributed by atoms with Gasteiger partial charge in [0.15, 0.2) is 5.69 Å². The fourth-order valence-corrected chi connectivity index (χ4v) is 4.53. The molecule has 2 aromatic heterocycles. The summed E-state index contributed by atoms with van der Waals surface area (Å²) < 4.78 is 9.34. The lowest BCUT2D eigenvalue weighted by atomic mass is 9.94. The van der Waals surface area contributed by atoms with Crippen LogP contribution in [0, 0.1) is 6.92 Å². The summed E-state index contributed by atoms with van der Waals surface area (Å²) >= 11 is 1.11. The van der Waals surface area contributed by atoms with E-state index in [-0.39, 0.29) is 30.1 Å². The van der Waals surface area contributed by atoms with Crippen LogP contribution in [0.25, 0.3) is 0 Å². The Balaban J connectivity index is 1.71. The van der Waals surface area contributed by atoms with Crippen LogP contribution in [0.15, 0.2) is 52.5 Å². The fraction of sp³-hybridized carbons (Fsp3) is 0.391. The first-order chi connectivity index (χ1) is 15.1. The summed E-state index contributed by atoms with van der Waals surface area (Å²) in [5.74, 6) is 0.0655. The minimum absolute atomic E-state index is 0.134. The molecule has 1 aromatic carbocycles. The molecule has 2 heterocycles. The average Bonchev–Trinajstić information content (AvgIpc) is 3.48. The van der Waals surface area contributed by atoms with Crippen molar-refractivity contribution in [3.8, 4) is 0 Å². The number of carbonyl (C=O) groups is 2. The molecule has 1 saturated carbocycles. The molecular formula is C23H26N4O3S. The van der Waals surface area contributed by atoms with Crippen LogP contribution in [0.2, 0.25) is 0 Å². The third-order valence-corrected chi connectivity index (χ3v) is 6.12. The number of hydrogen-bond donors (Lipinski definition) is 1. The fourth-order valence-electron chi connectivity index (χ4n) is 4.10. The lowest BCUT2D eigenvalue weighted by Crippen LogP contribution is -2.47. The normalized spacial score (nSPS) is 15.4. The lowest BCUT2D eigenvalue weighted by molar-refractivity contribution is -0.127. The van der Waals surface area contributed by atoms with Gasteiger partial charge in [-0.3, -0.25) is 9.59 Å². The minimum Gasteiger partial charge on any atom is -0.467 e. The van der Waals surface area contributed by atoms with Crippen molar-refractivity contribution < 1.29 is 14.0 Å². The Morgan fingerprint density at radius 3 is 2.74 bits per heavy atom. The molecule has 0 bridgehead atoms. The maximum absolute atomic E-state index is 13.6. The average molecular weight is 439 g/mol. The topological polar surface area (TPSA) is 88.3 Å². The lowest BCUT2D eigenvalue weighted by Gasteiger charge is -2.32. The van der Waals surface area contributed by atoms with Crippen molar-refractivity contribution in [2.24, 2.45) is 0 Å². The van der Waals surface area contributed by atoms with E-state index in [1.54, 1.807) is 23.8 Å². The number of hydrogen-bond acceptors (Lipinski definition) is 6. The Kier molecular flexibility index (Phi) is 6.76. The van der Waals surface area contributed by atoms with Gasteiger partial charge in [0, 0.05) is 11.4 Å². The predicted octanol–water partition coefficient (Wildman–Crippen LogP) is 4.27. The molecule has 7 nitrogen and oxygen atoms in total. The summed E-state index contributed by atoms with van der Waals surface area (Å²) in [7, 11) is 0. The number of aryl methyl sites for hydroxylation is 1. The van der Waals surface area contributed by atoms with E-state index < -0.39 is 6.04 Å². The van der Waals surface area contributed by atoms with Gasteiger partial charge < -0.3 is 14.6 Å². The van der Waals surface area contributed by atoms with Crippen LogP contribution in [0.1, 0.15) is 65.5 Å². The van der Waals surface area contributed by atoms with Gasteiger partial charge in [0.1, 0.15) is 11.8 Å². The Labute approximate surface area is 185 Å². The molecule has 1 fully saturated rings. The number of nitrogens with one attached hydrogen (secondary N) is 1. The van der Waals surface area contributed by atoms with E-state index >= 15 is 0 Å². The Morgan fingerprint density at radius 1 is 1.23 bits per heavy atom. The molecule has 1 aliphatic carbocycles. The molecule has 162 valence electrons. The maximum atomic E-state index is 13.6. The van der Waals surface area contributed by atoms with E-state index in [0.29, 0.717) is 5.76 Å². The first-order valence-electron chi connectivity index (χ1n) is 10.6. The maximum Gasteiger partial charge on any atom is 0.276 e. The number of amides is 2. The molecule has 0 spiro atoms. The molecule has 4 rings (SSSR count). The zero-order chi connectivity index (χ0) is 21.6. The molecule has 31 heavy (non-hydrogen) atoms. The zero-order valence-electron chi connectivity index (χ0n) is 17.5. The minimum atomic E-state index is -0.805. The smallest absolute Gasteiger partial charge is 0.276 e. The van der Waals surface area contributed by atoms with Crippen LogP contribution in [-0.4, -0.2) is 32.3 Å². The highest BCUT2D eigenvalue weighted by molar-refractivity contribution is 7.03. The third kappa shape index (κ3) is 5.19. The van der Waals surface area contributed by atoms with Crippen molar-refractivity contribution in [1.82, 2.24) is 19.8 Å². The second-order valence-electron chi connectivity index (χ2n) is 7.96. The Hall–Kier alpha value is -3.00. The van der Waals surface area contributed by atoms with Crippen LogP contribution in [0.5, 0.6) is 0 Å². The summed E-state index contributed by atoms with van der Waals surface area (Å²) in [6.45, 7) is 2.13.